The molecule has 0 radical (unpaired) electrons. The maximum atomic E-state index is 5.19. The van der Waals surface area contributed by atoms with E-state index in [4.69, 9.17) is 4.74 Å². The third kappa shape index (κ3) is 2.63. The second-order valence-electron chi connectivity index (χ2n) is 5.88. The summed E-state index contributed by atoms with van der Waals surface area (Å²) < 4.78 is 7.13. The van der Waals surface area contributed by atoms with E-state index in [1.165, 1.54) is 0 Å². The van der Waals surface area contributed by atoms with E-state index in [2.05, 4.69) is 41.8 Å². The topological polar surface area (TPSA) is 52.0 Å². The molecule has 0 saturated heterocycles. The van der Waals surface area contributed by atoms with Crippen molar-refractivity contribution in [2.24, 2.45) is 5.41 Å². The van der Waals surface area contributed by atoms with Crippen LogP contribution in [-0.2, 0) is 0 Å². The highest BCUT2D eigenvalue weighted by Gasteiger charge is 2.25. The molecule has 21 heavy (non-hydrogen) atoms. The van der Waals surface area contributed by atoms with E-state index in [1.807, 2.05) is 28.9 Å². The zero-order valence-corrected chi connectivity index (χ0v) is 13.4. The van der Waals surface area contributed by atoms with Gasteiger partial charge in [-0.15, -0.1) is 10.2 Å². The zero-order valence-electron chi connectivity index (χ0n) is 12.5. The molecule has 1 aromatic carbocycles. The first-order valence-corrected chi connectivity index (χ1v) is 7.61. The summed E-state index contributed by atoms with van der Waals surface area (Å²) in [6.07, 6.45) is 0. The van der Waals surface area contributed by atoms with Crippen molar-refractivity contribution in [3.63, 3.8) is 0 Å². The van der Waals surface area contributed by atoms with Crippen molar-refractivity contribution in [3.8, 4) is 17.1 Å². The second kappa shape index (κ2) is 5.11. The molecule has 0 spiro atoms. The number of ether oxygens (including phenoxy) is 1. The van der Waals surface area contributed by atoms with Gasteiger partial charge in [0.1, 0.15) is 5.75 Å². The molecule has 2 aromatic rings. The van der Waals surface area contributed by atoms with E-state index in [1.54, 1.807) is 18.9 Å². The molecule has 0 amide bonds. The summed E-state index contributed by atoms with van der Waals surface area (Å²) in [7, 11) is 1.66. The smallest absolute Gasteiger partial charge is 0.214 e. The Hall–Kier alpha value is -1.95. The lowest BCUT2D eigenvalue weighted by Crippen LogP contribution is -2.27. The lowest BCUT2D eigenvalue weighted by atomic mass is 9.93. The van der Waals surface area contributed by atoms with Crippen molar-refractivity contribution >= 4 is 11.8 Å². The first-order chi connectivity index (χ1) is 9.99. The number of nitrogens with zero attached hydrogens (tertiary/aromatic N) is 3. The van der Waals surface area contributed by atoms with Gasteiger partial charge in [-0.3, -0.25) is 5.43 Å². The number of hydrogen-bond donors (Lipinski definition) is 1. The Morgan fingerprint density at radius 3 is 2.48 bits per heavy atom. The Morgan fingerprint density at radius 1 is 1.14 bits per heavy atom. The van der Waals surface area contributed by atoms with E-state index < -0.39 is 0 Å². The van der Waals surface area contributed by atoms with Gasteiger partial charge in [0.2, 0.25) is 5.16 Å². The number of methoxy groups -OCH3 is 1. The molecule has 6 heteroatoms. The van der Waals surface area contributed by atoms with E-state index in [0.29, 0.717) is 0 Å². The van der Waals surface area contributed by atoms with Crippen LogP contribution in [0.4, 0.5) is 0 Å². The quantitative estimate of drug-likeness (QED) is 0.920. The van der Waals surface area contributed by atoms with E-state index in [0.717, 1.165) is 28.0 Å². The van der Waals surface area contributed by atoms with Gasteiger partial charge in [-0.25, -0.2) is 4.68 Å². The number of benzene rings is 1. The minimum atomic E-state index is 0.0478. The molecular formula is C15H18N4OS. The maximum absolute atomic E-state index is 5.19. The summed E-state index contributed by atoms with van der Waals surface area (Å²) in [5.41, 5.74) is 5.61. The number of thioether (sulfide) groups is 1. The Kier molecular flexibility index (Phi) is 3.41. The van der Waals surface area contributed by atoms with Gasteiger partial charge >= 0.3 is 0 Å². The molecule has 0 atom stereocenters. The molecule has 0 unspecified atom stereocenters. The number of allylic oxidation sites excluding steroid dienone is 1. The minimum absolute atomic E-state index is 0.0478. The lowest BCUT2D eigenvalue weighted by molar-refractivity contribution is 0.415. The average molecular weight is 302 g/mol. The van der Waals surface area contributed by atoms with Gasteiger partial charge < -0.3 is 4.74 Å². The van der Waals surface area contributed by atoms with Crippen molar-refractivity contribution in [2.45, 2.75) is 25.9 Å². The third-order valence-corrected chi connectivity index (χ3v) is 4.13. The number of hydrogen-bond acceptors (Lipinski definition) is 5. The first-order valence-electron chi connectivity index (χ1n) is 6.73. The lowest BCUT2D eigenvalue weighted by Gasteiger charge is -2.28. The summed E-state index contributed by atoms with van der Waals surface area (Å²) in [4.78, 5) is 0. The van der Waals surface area contributed by atoms with Crippen molar-refractivity contribution in [2.75, 3.05) is 12.5 Å². The summed E-state index contributed by atoms with van der Waals surface area (Å²) in [6.45, 7) is 6.53. The van der Waals surface area contributed by atoms with Gasteiger partial charge in [-0.1, -0.05) is 32.5 Å². The SMILES string of the molecule is COc1ccc(-c2nnc3n2NC(C(C)(C)C)=CS3)cc1. The molecular weight excluding hydrogens is 284 g/mol. The summed E-state index contributed by atoms with van der Waals surface area (Å²) in [6, 6.07) is 7.82. The molecule has 2 heterocycles. The molecule has 0 saturated carbocycles. The van der Waals surface area contributed by atoms with E-state index in [9.17, 15) is 0 Å². The molecule has 1 aromatic heterocycles. The monoisotopic (exact) mass is 302 g/mol. The molecule has 3 rings (SSSR count). The largest absolute Gasteiger partial charge is 0.497 e. The Bertz CT molecular complexity index is 683. The molecule has 5 nitrogen and oxygen atoms in total. The molecule has 0 bridgehead atoms. The normalized spacial score (nSPS) is 14.2. The highest BCUT2D eigenvalue weighted by molar-refractivity contribution is 8.02. The first kappa shape index (κ1) is 14.0. The standard InChI is InChI=1S/C15H18N4OS/c1-15(2,3)12-9-21-14-17-16-13(19(14)18-12)10-5-7-11(20-4)8-6-10/h5-9,18H,1-4H3. The third-order valence-electron chi connectivity index (χ3n) is 3.30. The number of aromatic nitrogens is 3. The summed E-state index contributed by atoms with van der Waals surface area (Å²) in [5.74, 6) is 1.63. The zero-order chi connectivity index (χ0) is 15.0. The predicted octanol–water partition coefficient (Wildman–Crippen LogP) is 3.49. The number of nitrogens with one attached hydrogen (secondary N) is 1. The molecule has 1 aliphatic rings. The van der Waals surface area contributed by atoms with Crippen LogP contribution in [-0.4, -0.2) is 22.0 Å². The highest BCUT2D eigenvalue weighted by atomic mass is 32.2. The minimum Gasteiger partial charge on any atom is -0.497 e. The van der Waals surface area contributed by atoms with Crippen LogP contribution in [0.1, 0.15) is 20.8 Å². The van der Waals surface area contributed by atoms with E-state index in [-0.39, 0.29) is 5.41 Å². The van der Waals surface area contributed by atoms with E-state index >= 15 is 0 Å². The van der Waals surface area contributed by atoms with Gasteiger partial charge in [-0.2, -0.15) is 0 Å². The molecule has 110 valence electrons. The second-order valence-corrected chi connectivity index (χ2v) is 6.72. The Labute approximate surface area is 128 Å². The van der Waals surface area contributed by atoms with Crippen molar-refractivity contribution < 1.29 is 4.74 Å². The fraction of sp³-hybridized carbons (Fsp3) is 0.333. The van der Waals surface area contributed by atoms with Gasteiger partial charge in [0.25, 0.3) is 0 Å². The van der Waals surface area contributed by atoms with Crippen LogP contribution in [0.15, 0.2) is 40.5 Å². The van der Waals surface area contributed by atoms with Crippen LogP contribution in [0.2, 0.25) is 0 Å². The average Bonchev–Trinajstić information content (AvgIpc) is 2.89. The van der Waals surface area contributed by atoms with Crippen LogP contribution in [0, 0.1) is 5.41 Å². The Morgan fingerprint density at radius 2 is 1.86 bits per heavy atom. The van der Waals surface area contributed by atoms with Crippen LogP contribution >= 0.6 is 11.8 Å². The number of rotatable bonds is 2. The Balaban J connectivity index is 1.96. The van der Waals surface area contributed by atoms with Gasteiger partial charge in [0, 0.05) is 22.1 Å². The fourth-order valence-electron chi connectivity index (χ4n) is 1.98. The molecule has 0 aliphatic carbocycles. The van der Waals surface area contributed by atoms with Crippen molar-refractivity contribution in [1.29, 1.82) is 0 Å². The number of fused-ring (bicyclic) bond motifs is 1. The van der Waals surface area contributed by atoms with Gasteiger partial charge in [0.05, 0.1) is 7.11 Å². The molecule has 1 N–H and O–H groups in total. The predicted molar refractivity (Wildman–Crippen MR) is 84.8 cm³/mol. The van der Waals surface area contributed by atoms with Crippen molar-refractivity contribution in [3.05, 3.63) is 35.4 Å². The van der Waals surface area contributed by atoms with Crippen LogP contribution < -0.4 is 10.2 Å². The van der Waals surface area contributed by atoms with Gasteiger partial charge in [-0.05, 0) is 24.3 Å². The van der Waals surface area contributed by atoms with Crippen LogP contribution in [0.3, 0.4) is 0 Å². The maximum Gasteiger partial charge on any atom is 0.214 e. The molecule has 1 aliphatic heterocycles. The fourth-order valence-corrected chi connectivity index (χ4v) is 2.93. The van der Waals surface area contributed by atoms with Crippen LogP contribution in [0.5, 0.6) is 5.75 Å². The summed E-state index contributed by atoms with van der Waals surface area (Å²) in [5, 5.41) is 11.5. The highest BCUT2D eigenvalue weighted by Crippen LogP contribution is 2.34. The summed E-state index contributed by atoms with van der Waals surface area (Å²) >= 11 is 1.59. The van der Waals surface area contributed by atoms with Crippen molar-refractivity contribution in [1.82, 2.24) is 14.9 Å². The molecule has 0 fully saturated rings. The van der Waals surface area contributed by atoms with Gasteiger partial charge in [0.15, 0.2) is 5.82 Å². The van der Waals surface area contributed by atoms with Crippen LogP contribution in [0.25, 0.3) is 11.4 Å².